The molecule has 106 valence electrons. The van der Waals surface area contributed by atoms with Crippen molar-refractivity contribution >= 4 is 34.6 Å². The van der Waals surface area contributed by atoms with Crippen LogP contribution < -0.4 is 5.32 Å². The number of hydrogen-bond acceptors (Lipinski definition) is 6. The number of aryl methyl sites for hydroxylation is 1. The van der Waals surface area contributed by atoms with Gasteiger partial charge in [-0.2, -0.15) is 11.3 Å². The molecule has 1 N–H and O–H groups in total. The van der Waals surface area contributed by atoms with Crippen LogP contribution in [0.25, 0.3) is 0 Å². The predicted molar refractivity (Wildman–Crippen MR) is 78.3 cm³/mol. The largest absolute Gasteiger partial charge is 0.461 e. The van der Waals surface area contributed by atoms with Gasteiger partial charge in [-0.25, -0.2) is 9.78 Å². The van der Waals surface area contributed by atoms with Gasteiger partial charge in [0.05, 0.1) is 6.61 Å². The van der Waals surface area contributed by atoms with Crippen LogP contribution in [0.4, 0.5) is 0 Å². The van der Waals surface area contributed by atoms with Gasteiger partial charge in [0.1, 0.15) is 5.69 Å². The van der Waals surface area contributed by atoms with Crippen molar-refractivity contribution < 1.29 is 14.3 Å². The van der Waals surface area contributed by atoms with Crippen LogP contribution >= 0.6 is 22.7 Å². The van der Waals surface area contributed by atoms with Gasteiger partial charge in [-0.05, 0) is 35.7 Å². The second kappa shape index (κ2) is 6.62. The first kappa shape index (κ1) is 14.7. The molecule has 0 spiro atoms. The molecule has 0 aliphatic carbocycles. The Morgan fingerprint density at radius 1 is 1.35 bits per heavy atom. The number of rotatable bonds is 5. The number of nitrogens with zero attached hydrogens (tertiary/aromatic N) is 1. The number of amides is 1. The van der Waals surface area contributed by atoms with Crippen LogP contribution in [0.15, 0.2) is 16.1 Å². The fraction of sp³-hybridized carbons (Fsp3) is 0.308. The second-order valence-corrected chi connectivity index (χ2v) is 5.62. The normalized spacial score (nSPS) is 10.3. The van der Waals surface area contributed by atoms with Crippen LogP contribution in [0.5, 0.6) is 0 Å². The molecule has 0 bridgehead atoms. The Balaban J connectivity index is 1.96. The van der Waals surface area contributed by atoms with Crippen molar-refractivity contribution in [3.63, 3.8) is 0 Å². The number of carbonyl (C=O) groups excluding carboxylic acids is 2. The monoisotopic (exact) mass is 310 g/mol. The molecule has 2 aromatic rings. The molecule has 0 saturated heterocycles. The first-order valence-electron chi connectivity index (χ1n) is 6.04. The summed E-state index contributed by atoms with van der Waals surface area (Å²) in [4.78, 5) is 27.4. The van der Waals surface area contributed by atoms with E-state index in [9.17, 15) is 9.59 Å². The van der Waals surface area contributed by atoms with E-state index in [1.807, 2.05) is 17.7 Å². The van der Waals surface area contributed by atoms with Gasteiger partial charge in [0.15, 0.2) is 0 Å². The highest BCUT2D eigenvalue weighted by atomic mass is 32.1. The van der Waals surface area contributed by atoms with Crippen molar-refractivity contribution in [1.29, 1.82) is 0 Å². The van der Waals surface area contributed by atoms with Crippen molar-refractivity contribution in [3.05, 3.63) is 38.0 Å². The zero-order chi connectivity index (χ0) is 14.5. The average molecular weight is 310 g/mol. The minimum Gasteiger partial charge on any atom is -0.461 e. The van der Waals surface area contributed by atoms with Gasteiger partial charge in [-0.15, -0.1) is 11.3 Å². The molecular formula is C13H14N2O3S2. The number of thiazole rings is 1. The standard InChI is InChI=1S/C13H14N2O3S2/c1-3-18-13(17)12-15-10(7-20-12)11(16)14-4-9-6-19-5-8(9)2/h5-7H,3-4H2,1-2H3,(H,14,16). The Morgan fingerprint density at radius 2 is 2.15 bits per heavy atom. The van der Waals surface area contributed by atoms with Crippen LogP contribution in [-0.2, 0) is 11.3 Å². The number of carbonyl (C=O) groups is 2. The molecule has 2 rings (SSSR count). The topological polar surface area (TPSA) is 68.3 Å². The summed E-state index contributed by atoms with van der Waals surface area (Å²) in [6, 6.07) is 0. The average Bonchev–Trinajstić information content (AvgIpc) is 3.05. The molecule has 0 unspecified atom stereocenters. The molecule has 20 heavy (non-hydrogen) atoms. The first-order chi connectivity index (χ1) is 9.61. The van der Waals surface area contributed by atoms with Crippen LogP contribution in [0.3, 0.4) is 0 Å². The Hall–Kier alpha value is -1.73. The summed E-state index contributed by atoms with van der Waals surface area (Å²) in [6.45, 7) is 4.47. The zero-order valence-corrected chi connectivity index (χ0v) is 12.8. The smallest absolute Gasteiger partial charge is 0.367 e. The van der Waals surface area contributed by atoms with E-state index in [2.05, 4.69) is 10.3 Å². The molecule has 0 radical (unpaired) electrons. The third-order valence-electron chi connectivity index (χ3n) is 2.59. The lowest BCUT2D eigenvalue weighted by molar-refractivity contribution is 0.0526. The number of thiophene rings is 1. The van der Waals surface area contributed by atoms with E-state index >= 15 is 0 Å². The minimum atomic E-state index is -0.495. The highest BCUT2D eigenvalue weighted by molar-refractivity contribution is 7.11. The number of hydrogen-bond donors (Lipinski definition) is 1. The maximum atomic E-state index is 11.9. The van der Waals surface area contributed by atoms with E-state index < -0.39 is 5.97 Å². The van der Waals surface area contributed by atoms with Crippen LogP contribution in [-0.4, -0.2) is 23.5 Å². The van der Waals surface area contributed by atoms with E-state index in [1.54, 1.807) is 23.6 Å². The number of aromatic nitrogens is 1. The number of esters is 1. The molecule has 0 aliphatic heterocycles. The molecule has 0 aliphatic rings. The van der Waals surface area contributed by atoms with Crippen molar-refractivity contribution in [1.82, 2.24) is 10.3 Å². The third-order valence-corrected chi connectivity index (χ3v) is 4.32. The molecule has 0 fully saturated rings. The van der Waals surface area contributed by atoms with E-state index in [1.165, 1.54) is 0 Å². The lowest BCUT2D eigenvalue weighted by atomic mass is 10.2. The highest BCUT2D eigenvalue weighted by Gasteiger charge is 2.16. The van der Waals surface area contributed by atoms with Crippen molar-refractivity contribution in [3.8, 4) is 0 Å². The Morgan fingerprint density at radius 3 is 2.80 bits per heavy atom. The van der Waals surface area contributed by atoms with Crippen molar-refractivity contribution in [2.75, 3.05) is 6.61 Å². The lowest BCUT2D eigenvalue weighted by Gasteiger charge is -2.02. The lowest BCUT2D eigenvalue weighted by Crippen LogP contribution is -2.23. The molecule has 0 atom stereocenters. The van der Waals surface area contributed by atoms with E-state index in [0.29, 0.717) is 6.54 Å². The Kier molecular flexibility index (Phi) is 4.86. The SMILES string of the molecule is CCOC(=O)c1nc(C(=O)NCc2cscc2C)cs1. The van der Waals surface area contributed by atoms with Crippen LogP contribution in [0, 0.1) is 6.92 Å². The summed E-state index contributed by atoms with van der Waals surface area (Å²) in [5.41, 5.74) is 2.48. The maximum absolute atomic E-state index is 11.9. The minimum absolute atomic E-state index is 0.198. The summed E-state index contributed by atoms with van der Waals surface area (Å²) in [5.74, 6) is -0.785. The van der Waals surface area contributed by atoms with Crippen LogP contribution in [0.1, 0.15) is 38.3 Å². The molecule has 7 heteroatoms. The number of nitrogens with one attached hydrogen (secondary N) is 1. The Bertz CT molecular complexity index is 619. The van der Waals surface area contributed by atoms with Gasteiger partial charge in [0.2, 0.25) is 5.01 Å². The molecule has 0 aromatic carbocycles. The molecule has 1 amide bonds. The quantitative estimate of drug-likeness (QED) is 0.862. The van der Waals surface area contributed by atoms with E-state index in [0.717, 1.165) is 22.5 Å². The molecule has 2 aromatic heterocycles. The zero-order valence-electron chi connectivity index (χ0n) is 11.1. The fourth-order valence-electron chi connectivity index (χ4n) is 1.50. The van der Waals surface area contributed by atoms with E-state index in [4.69, 9.17) is 4.74 Å². The summed E-state index contributed by atoms with van der Waals surface area (Å²) in [5, 5.41) is 8.57. The van der Waals surface area contributed by atoms with Crippen molar-refractivity contribution in [2.45, 2.75) is 20.4 Å². The fourth-order valence-corrected chi connectivity index (χ4v) is 3.04. The summed E-state index contributed by atoms with van der Waals surface area (Å²) in [7, 11) is 0. The molecular weight excluding hydrogens is 296 g/mol. The molecule has 5 nitrogen and oxygen atoms in total. The molecule has 2 heterocycles. The Labute approximate surface area is 124 Å². The third kappa shape index (κ3) is 3.43. The van der Waals surface area contributed by atoms with Gasteiger partial charge >= 0.3 is 5.97 Å². The van der Waals surface area contributed by atoms with Gasteiger partial charge in [-0.3, -0.25) is 4.79 Å². The molecule has 0 saturated carbocycles. The first-order valence-corrected chi connectivity index (χ1v) is 7.86. The van der Waals surface area contributed by atoms with Gasteiger partial charge in [0.25, 0.3) is 5.91 Å². The number of ether oxygens (including phenoxy) is 1. The summed E-state index contributed by atoms with van der Waals surface area (Å²) in [6.07, 6.45) is 0. The van der Waals surface area contributed by atoms with E-state index in [-0.39, 0.29) is 23.2 Å². The van der Waals surface area contributed by atoms with Gasteiger partial charge in [-0.1, -0.05) is 0 Å². The van der Waals surface area contributed by atoms with Crippen molar-refractivity contribution in [2.24, 2.45) is 0 Å². The highest BCUT2D eigenvalue weighted by Crippen LogP contribution is 2.14. The second-order valence-electron chi connectivity index (χ2n) is 4.02. The summed E-state index contributed by atoms with van der Waals surface area (Å²) >= 11 is 2.71. The summed E-state index contributed by atoms with van der Waals surface area (Å²) < 4.78 is 4.83. The maximum Gasteiger partial charge on any atom is 0.367 e. The van der Waals surface area contributed by atoms with Gasteiger partial charge < -0.3 is 10.1 Å². The van der Waals surface area contributed by atoms with Crippen LogP contribution in [0.2, 0.25) is 0 Å². The van der Waals surface area contributed by atoms with Gasteiger partial charge in [0, 0.05) is 11.9 Å². The predicted octanol–water partition coefficient (Wildman–Crippen LogP) is 2.62.